The molecule has 0 aliphatic heterocycles. The van der Waals surface area contributed by atoms with Crippen molar-refractivity contribution in [1.82, 2.24) is 0 Å². The summed E-state index contributed by atoms with van der Waals surface area (Å²) in [6.45, 7) is 7.86. The number of esters is 1. The fourth-order valence-electron chi connectivity index (χ4n) is 2.20. The maximum absolute atomic E-state index is 11.8. The Morgan fingerprint density at radius 3 is 2.38 bits per heavy atom. The molecule has 0 N–H and O–H groups in total. The number of hydrogen-bond acceptors (Lipinski definition) is 3. The molecule has 1 unspecified atom stereocenters. The van der Waals surface area contributed by atoms with Crippen molar-refractivity contribution in [2.24, 2.45) is 5.92 Å². The van der Waals surface area contributed by atoms with Gasteiger partial charge in [0.15, 0.2) is 0 Å². The van der Waals surface area contributed by atoms with Crippen LogP contribution in [0.5, 0.6) is 0 Å². The van der Waals surface area contributed by atoms with Crippen molar-refractivity contribution < 1.29 is 14.3 Å². The van der Waals surface area contributed by atoms with Gasteiger partial charge in [0.1, 0.15) is 0 Å². The Kier molecular flexibility index (Phi) is 5.26. The Labute approximate surface area is 98.5 Å². The van der Waals surface area contributed by atoms with E-state index in [2.05, 4.69) is 0 Å². The van der Waals surface area contributed by atoms with Crippen LogP contribution in [0.15, 0.2) is 0 Å². The summed E-state index contributed by atoms with van der Waals surface area (Å²) in [5, 5.41) is 0. The maximum atomic E-state index is 11.8. The minimum absolute atomic E-state index is 0.0149. The first-order chi connectivity index (χ1) is 7.49. The summed E-state index contributed by atoms with van der Waals surface area (Å²) < 4.78 is 11.0. The van der Waals surface area contributed by atoms with E-state index in [1.54, 1.807) is 0 Å². The van der Waals surface area contributed by atoms with Gasteiger partial charge in [-0.1, -0.05) is 6.42 Å². The Morgan fingerprint density at radius 1 is 1.12 bits per heavy atom. The third kappa shape index (κ3) is 4.52. The summed E-state index contributed by atoms with van der Waals surface area (Å²) in [4.78, 5) is 11.8. The zero-order valence-corrected chi connectivity index (χ0v) is 10.9. The zero-order chi connectivity index (χ0) is 12.1. The summed E-state index contributed by atoms with van der Waals surface area (Å²) in [6.07, 6.45) is 4.37. The van der Waals surface area contributed by atoms with Crippen LogP contribution in [0, 0.1) is 5.92 Å². The van der Waals surface area contributed by atoms with Crippen LogP contribution in [-0.2, 0) is 14.3 Å². The zero-order valence-electron chi connectivity index (χ0n) is 10.9. The molecule has 0 radical (unpaired) electrons. The average Bonchev–Trinajstić information content (AvgIpc) is 2.16. The molecule has 1 saturated carbocycles. The summed E-state index contributed by atoms with van der Waals surface area (Å²) >= 11 is 0. The first kappa shape index (κ1) is 13.5. The lowest BCUT2D eigenvalue weighted by Gasteiger charge is -2.29. The molecule has 3 nitrogen and oxygen atoms in total. The van der Waals surface area contributed by atoms with Crippen LogP contribution in [0.2, 0.25) is 0 Å². The SMILES string of the molecule is CC(C)OC(=O)[C@H]1CCCC(OC(C)C)C1. The van der Waals surface area contributed by atoms with Crippen molar-refractivity contribution in [2.75, 3.05) is 0 Å². The topological polar surface area (TPSA) is 35.5 Å². The summed E-state index contributed by atoms with van der Waals surface area (Å²) in [6, 6.07) is 0. The van der Waals surface area contributed by atoms with E-state index in [4.69, 9.17) is 9.47 Å². The molecule has 0 saturated heterocycles. The molecule has 3 heteroatoms. The van der Waals surface area contributed by atoms with Crippen LogP contribution in [-0.4, -0.2) is 24.3 Å². The van der Waals surface area contributed by atoms with Crippen molar-refractivity contribution in [3.8, 4) is 0 Å². The van der Waals surface area contributed by atoms with Gasteiger partial charge in [-0.25, -0.2) is 0 Å². The van der Waals surface area contributed by atoms with E-state index < -0.39 is 0 Å². The molecule has 1 rings (SSSR count). The van der Waals surface area contributed by atoms with Crippen LogP contribution in [0.1, 0.15) is 53.4 Å². The monoisotopic (exact) mass is 228 g/mol. The van der Waals surface area contributed by atoms with Crippen LogP contribution in [0.4, 0.5) is 0 Å². The van der Waals surface area contributed by atoms with Crippen LogP contribution >= 0.6 is 0 Å². The first-order valence-electron chi connectivity index (χ1n) is 6.35. The lowest BCUT2D eigenvalue weighted by atomic mass is 9.87. The fraction of sp³-hybridized carbons (Fsp3) is 0.923. The molecule has 0 aromatic rings. The van der Waals surface area contributed by atoms with Crippen molar-refractivity contribution in [2.45, 2.75) is 71.7 Å². The second kappa shape index (κ2) is 6.24. The predicted octanol–water partition coefficient (Wildman–Crippen LogP) is 2.92. The third-order valence-corrected chi connectivity index (χ3v) is 2.78. The first-order valence-corrected chi connectivity index (χ1v) is 6.35. The van der Waals surface area contributed by atoms with Crippen molar-refractivity contribution in [3.05, 3.63) is 0 Å². The minimum atomic E-state index is -0.0490. The van der Waals surface area contributed by atoms with Crippen LogP contribution < -0.4 is 0 Å². The van der Waals surface area contributed by atoms with E-state index in [1.165, 1.54) is 0 Å². The van der Waals surface area contributed by atoms with Gasteiger partial charge in [0, 0.05) is 0 Å². The van der Waals surface area contributed by atoms with E-state index in [9.17, 15) is 4.79 Å². The maximum Gasteiger partial charge on any atom is 0.309 e. The number of hydrogen-bond donors (Lipinski definition) is 0. The van der Waals surface area contributed by atoms with Crippen LogP contribution in [0.25, 0.3) is 0 Å². The van der Waals surface area contributed by atoms with E-state index in [0.717, 1.165) is 25.7 Å². The molecule has 16 heavy (non-hydrogen) atoms. The molecule has 2 atom stereocenters. The van der Waals surface area contributed by atoms with E-state index >= 15 is 0 Å². The normalized spacial score (nSPS) is 26.1. The summed E-state index contributed by atoms with van der Waals surface area (Å²) in [5.74, 6) is -0.00745. The van der Waals surface area contributed by atoms with Gasteiger partial charge in [0.2, 0.25) is 0 Å². The second-order valence-corrected chi connectivity index (χ2v) is 5.16. The Bertz CT molecular complexity index is 223. The number of ether oxygens (including phenoxy) is 2. The largest absolute Gasteiger partial charge is 0.463 e. The predicted molar refractivity (Wildman–Crippen MR) is 63.2 cm³/mol. The molecule has 94 valence electrons. The lowest BCUT2D eigenvalue weighted by molar-refractivity contribution is -0.156. The fourth-order valence-corrected chi connectivity index (χ4v) is 2.20. The Hall–Kier alpha value is -0.570. The van der Waals surface area contributed by atoms with Gasteiger partial charge in [-0.05, 0) is 47.0 Å². The van der Waals surface area contributed by atoms with E-state index in [0.29, 0.717) is 0 Å². The average molecular weight is 228 g/mol. The molecule has 0 heterocycles. The van der Waals surface area contributed by atoms with E-state index in [1.807, 2.05) is 27.7 Å². The number of rotatable bonds is 4. The van der Waals surface area contributed by atoms with Gasteiger partial charge in [0.25, 0.3) is 0 Å². The third-order valence-electron chi connectivity index (χ3n) is 2.78. The molecule has 1 fully saturated rings. The van der Waals surface area contributed by atoms with Gasteiger partial charge in [-0.3, -0.25) is 4.79 Å². The van der Waals surface area contributed by atoms with Gasteiger partial charge in [0.05, 0.1) is 24.2 Å². The van der Waals surface area contributed by atoms with Gasteiger partial charge >= 0.3 is 5.97 Å². The highest BCUT2D eigenvalue weighted by molar-refractivity contribution is 5.72. The quantitative estimate of drug-likeness (QED) is 0.694. The molecule has 0 aromatic carbocycles. The molecule has 0 amide bonds. The molecule has 0 aromatic heterocycles. The smallest absolute Gasteiger partial charge is 0.309 e. The minimum Gasteiger partial charge on any atom is -0.463 e. The van der Waals surface area contributed by atoms with Crippen molar-refractivity contribution >= 4 is 5.97 Å². The standard InChI is InChI=1S/C13H24O3/c1-9(2)15-12-7-5-6-11(8-12)13(14)16-10(3)4/h9-12H,5-8H2,1-4H3/t11-,12?/m0/s1. The lowest BCUT2D eigenvalue weighted by Crippen LogP contribution is -2.31. The summed E-state index contributed by atoms with van der Waals surface area (Å²) in [5.41, 5.74) is 0. The molecular weight excluding hydrogens is 204 g/mol. The molecule has 1 aliphatic carbocycles. The van der Waals surface area contributed by atoms with Gasteiger partial charge in [-0.15, -0.1) is 0 Å². The summed E-state index contributed by atoms with van der Waals surface area (Å²) in [7, 11) is 0. The van der Waals surface area contributed by atoms with E-state index in [-0.39, 0.29) is 30.2 Å². The van der Waals surface area contributed by atoms with Gasteiger partial charge in [-0.2, -0.15) is 0 Å². The van der Waals surface area contributed by atoms with Crippen molar-refractivity contribution in [3.63, 3.8) is 0 Å². The number of carbonyl (C=O) groups excluding carboxylic acids is 1. The molecule has 0 bridgehead atoms. The number of carbonyl (C=O) groups is 1. The highest BCUT2D eigenvalue weighted by Gasteiger charge is 2.29. The Balaban J connectivity index is 2.40. The second-order valence-electron chi connectivity index (χ2n) is 5.16. The Morgan fingerprint density at radius 2 is 1.81 bits per heavy atom. The molecular formula is C13H24O3. The highest BCUT2D eigenvalue weighted by Crippen LogP contribution is 2.28. The molecule has 0 spiro atoms. The van der Waals surface area contributed by atoms with Crippen LogP contribution in [0.3, 0.4) is 0 Å². The highest BCUT2D eigenvalue weighted by atomic mass is 16.5. The molecule has 1 aliphatic rings. The van der Waals surface area contributed by atoms with Gasteiger partial charge < -0.3 is 9.47 Å². The van der Waals surface area contributed by atoms with Crippen molar-refractivity contribution in [1.29, 1.82) is 0 Å².